The molecular weight excluding hydrogens is 199 g/mol. The van der Waals surface area contributed by atoms with Crippen molar-refractivity contribution in [2.45, 2.75) is 13.8 Å². The molecule has 12 heavy (non-hydrogen) atoms. The number of hydrogen-bond acceptors (Lipinski definition) is 4. The van der Waals surface area contributed by atoms with Crippen molar-refractivity contribution in [2.24, 2.45) is 0 Å². The van der Waals surface area contributed by atoms with Gasteiger partial charge in [0.2, 0.25) is 0 Å². The summed E-state index contributed by atoms with van der Waals surface area (Å²) in [5.74, 6) is 0. The van der Waals surface area contributed by atoms with E-state index in [-0.39, 0.29) is 44.2 Å². The fraction of sp³-hybridized carbons (Fsp3) is 1.00. The van der Waals surface area contributed by atoms with E-state index >= 15 is 0 Å². The molecule has 0 aliphatic heterocycles. The van der Waals surface area contributed by atoms with Crippen LogP contribution in [0.3, 0.4) is 0 Å². The average molecular weight is 214 g/mol. The second-order valence-corrected chi connectivity index (χ2v) is 1.79. The molecule has 0 spiro atoms. The van der Waals surface area contributed by atoms with Crippen molar-refractivity contribution >= 4 is 10.4 Å². The first kappa shape index (κ1) is 23.0. The number of hydrogen-bond donors (Lipinski definition) is 4. The van der Waals surface area contributed by atoms with Gasteiger partial charge in [-0.15, -0.1) is 0 Å². The van der Waals surface area contributed by atoms with Gasteiger partial charge in [-0.1, -0.05) is 13.8 Å². The molecule has 0 heterocycles. The van der Waals surface area contributed by atoms with E-state index in [1.807, 2.05) is 13.8 Å². The van der Waals surface area contributed by atoms with Gasteiger partial charge in [0.15, 0.2) is 0 Å². The minimum absolute atomic E-state index is 0. The summed E-state index contributed by atoms with van der Waals surface area (Å²) < 4.78 is 31.6. The van der Waals surface area contributed by atoms with E-state index < -0.39 is 10.4 Å². The largest absolute Gasteiger partial charge is 1.00 e. The first-order chi connectivity index (χ1) is 4.91. The van der Waals surface area contributed by atoms with Gasteiger partial charge in [0.1, 0.15) is 0 Å². The number of aliphatic hydroxyl groups is 2. The molecule has 6 nitrogen and oxygen atoms in total. The van der Waals surface area contributed by atoms with Crippen LogP contribution in [0.15, 0.2) is 0 Å². The predicted octanol–water partition coefficient (Wildman–Crippen LogP) is -3.54. The van der Waals surface area contributed by atoms with Crippen LogP contribution in [0.2, 0.25) is 0 Å². The van der Waals surface area contributed by atoms with Crippen molar-refractivity contribution in [2.75, 3.05) is 13.2 Å². The zero-order chi connectivity index (χ0) is 9.91. The fourth-order valence-electron chi connectivity index (χ4n) is 0. The second-order valence-electron chi connectivity index (χ2n) is 0.895. The molecule has 0 aromatic heterocycles. The summed E-state index contributed by atoms with van der Waals surface area (Å²) in [6.07, 6.45) is 0. The number of rotatable bonds is 1. The SMILES string of the molecule is CC.O=S(=O)(O)O.OCCO.[H-].[Na+]. The van der Waals surface area contributed by atoms with E-state index in [0.29, 0.717) is 0 Å². The van der Waals surface area contributed by atoms with Gasteiger partial charge in [0, 0.05) is 0 Å². The zero-order valence-corrected chi connectivity index (χ0v) is 10.2. The quantitative estimate of drug-likeness (QED) is 0.265. The normalized spacial score (nSPS) is 7.83. The molecular formula is C4H15NaO6S. The van der Waals surface area contributed by atoms with Crippen molar-refractivity contribution in [1.82, 2.24) is 0 Å². The van der Waals surface area contributed by atoms with E-state index in [2.05, 4.69) is 0 Å². The Hall–Kier alpha value is 0.790. The molecule has 0 rings (SSSR count). The Morgan fingerprint density at radius 2 is 1.17 bits per heavy atom. The van der Waals surface area contributed by atoms with Gasteiger partial charge in [-0.25, -0.2) is 0 Å². The molecule has 0 radical (unpaired) electrons. The van der Waals surface area contributed by atoms with E-state index in [1.54, 1.807) is 0 Å². The monoisotopic (exact) mass is 214 g/mol. The first-order valence-corrected chi connectivity index (χ1v) is 4.23. The smallest absolute Gasteiger partial charge is 1.00 e. The van der Waals surface area contributed by atoms with E-state index in [4.69, 9.17) is 27.7 Å². The molecule has 0 fully saturated rings. The molecule has 0 amide bonds. The van der Waals surface area contributed by atoms with Crippen LogP contribution in [-0.4, -0.2) is 41.0 Å². The Labute approximate surface area is 96.0 Å². The minimum atomic E-state index is -4.67. The third kappa shape index (κ3) is 323. The van der Waals surface area contributed by atoms with Crippen LogP contribution < -0.4 is 29.6 Å². The molecule has 0 saturated heterocycles. The van der Waals surface area contributed by atoms with Crippen LogP contribution in [0.1, 0.15) is 15.3 Å². The van der Waals surface area contributed by atoms with Crippen LogP contribution >= 0.6 is 0 Å². The summed E-state index contributed by atoms with van der Waals surface area (Å²) >= 11 is 0. The molecule has 0 saturated carbocycles. The van der Waals surface area contributed by atoms with Crippen molar-refractivity contribution in [3.05, 3.63) is 0 Å². The van der Waals surface area contributed by atoms with Crippen LogP contribution in [0.4, 0.5) is 0 Å². The minimum Gasteiger partial charge on any atom is -1.00 e. The maximum absolute atomic E-state index is 8.74. The summed E-state index contributed by atoms with van der Waals surface area (Å²) in [7, 11) is -4.67. The molecule has 0 unspecified atom stereocenters. The molecule has 74 valence electrons. The molecule has 4 N–H and O–H groups in total. The number of aliphatic hydroxyl groups excluding tert-OH is 2. The van der Waals surface area contributed by atoms with Crippen LogP contribution in [-0.2, 0) is 10.4 Å². The average Bonchev–Trinajstić information content (AvgIpc) is 1.89. The van der Waals surface area contributed by atoms with Crippen LogP contribution in [0, 0.1) is 0 Å². The Morgan fingerprint density at radius 1 is 1.08 bits per heavy atom. The Bertz CT molecular complexity index is 128. The molecule has 0 aliphatic carbocycles. The van der Waals surface area contributed by atoms with Gasteiger partial charge < -0.3 is 11.6 Å². The standard InChI is InChI=1S/C2H6O2.C2H6.Na.H2O4S.H/c3-1-2-4;1-2;;1-5(2,3)4;/h3-4H,1-2H2;1-2H3;;(H2,1,2,3,4);/q;;+1;;-1. The summed E-state index contributed by atoms with van der Waals surface area (Å²) in [5, 5.41) is 15.2. The molecule has 0 aromatic carbocycles. The van der Waals surface area contributed by atoms with Gasteiger partial charge in [-0.05, 0) is 0 Å². The topological polar surface area (TPSA) is 115 Å². The molecule has 8 heteroatoms. The summed E-state index contributed by atoms with van der Waals surface area (Å²) in [4.78, 5) is 0. The van der Waals surface area contributed by atoms with Gasteiger partial charge in [-0.3, -0.25) is 9.11 Å². The molecule has 0 aliphatic rings. The zero-order valence-electron chi connectivity index (χ0n) is 8.43. The van der Waals surface area contributed by atoms with E-state index in [9.17, 15) is 0 Å². The maximum Gasteiger partial charge on any atom is 1.00 e. The fourth-order valence-corrected chi connectivity index (χ4v) is 0. The third-order valence-electron chi connectivity index (χ3n) is 0.1000. The van der Waals surface area contributed by atoms with Gasteiger partial charge >= 0.3 is 40.0 Å². The third-order valence-corrected chi connectivity index (χ3v) is 0.1000. The Kier molecular flexibility index (Phi) is 34.1. The van der Waals surface area contributed by atoms with Gasteiger partial charge in [0.25, 0.3) is 0 Å². The van der Waals surface area contributed by atoms with E-state index in [1.165, 1.54) is 0 Å². The Morgan fingerprint density at radius 3 is 1.17 bits per heavy atom. The Balaban J connectivity index is -0.0000000246. The first-order valence-electron chi connectivity index (χ1n) is 2.83. The van der Waals surface area contributed by atoms with Gasteiger partial charge in [-0.2, -0.15) is 8.42 Å². The van der Waals surface area contributed by atoms with Crippen LogP contribution in [0.5, 0.6) is 0 Å². The molecule has 0 bridgehead atoms. The van der Waals surface area contributed by atoms with Crippen molar-refractivity contribution in [3.8, 4) is 0 Å². The summed E-state index contributed by atoms with van der Waals surface area (Å²) in [6, 6.07) is 0. The molecule has 0 aromatic rings. The molecule has 0 atom stereocenters. The predicted molar refractivity (Wildman–Crippen MR) is 40.8 cm³/mol. The van der Waals surface area contributed by atoms with Gasteiger partial charge in [0.05, 0.1) is 13.2 Å². The summed E-state index contributed by atoms with van der Waals surface area (Å²) in [6.45, 7) is 3.75. The van der Waals surface area contributed by atoms with Crippen molar-refractivity contribution in [3.63, 3.8) is 0 Å². The van der Waals surface area contributed by atoms with Crippen molar-refractivity contribution < 1.29 is 58.7 Å². The second kappa shape index (κ2) is 17.8. The van der Waals surface area contributed by atoms with E-state index in [0.717, 1.165) is 0 Å². The maximum atomic E-state index is 8.74. The van der Waals surface area contributed by atoms with Crippen LogP contribution in [0.25, 0.3) is 0 Å². The summed E-state index contributed by atoms with van der Waals surface area (Å²) in [5.41, 5.74) is 0. The van der Waals surface area contributed by atoms with Crippen molar-refractivity contribution in [1.29, 1.82) is 0 Å².